The van der Waals surface area contributed by atoms with E-state index in [2.05, 4.69) is 10.3 Å². The third-order valence-electron chi connectivity index (χ3n) is 3.92. The first kappa shape index (κ1) is 17.9. The second-order valence-corrected chi connectivity index (χ2v) is 6.67. The highest BCUT2D eigenvalue weighted by atomic mass is 32.1. The Balaban J connectivity index is 1.73. The Morgan fingerprint density at radius 1 is 1.12 bits per heavy atom. The zero-order chi connectivity index (χ0) is 18.5. The predicted molar refractivity (Wildman–Crippen MR) is 104 cm³/mol. The van der Waals surface area contributed by atoms with Crippen LogP contribution in [-0.4, -0.2) is 25.1 Å². The summed E-state index contributed by atoms with van der Waals surface area (Å²) in [6.07, 6.45) is 0.317. The molecule has 0 fully saturated rings. The monoisotopic (exact) mass is 368 g/mol. The maximum atomic E-state index is 12.2. The second-order valence-electron chi connectivity index (χ2n) is 5.81. The fourth-order valence-corrected chi connectivity index (χ4v) is 3.25. The molecule has 0 aliphatic rings. The van der Waals surface area contributed by atoms with E-state index in [0.717, 1.165) is 22.6 Å². The number of benzene rings is 2. The maximum absolute atomic E-state index is 12.2. The van der Waals surface area contributed by atoms with Gasteiger partial charge < -0.3 is 14.8 Å². The normalized spacial score (nSPS) is 10.4. The SMILES string of the molecule is COc1ccc(OC)c(-c2csc(NC(=O)Cc3ccc(C)cc3)n2)c1. The molecule has 0 atom stereocenters. The summed E-state index contributed by atoms with van der Waals surface area (Å²) in [5, 5.41) is 5.30. The molecule has 134 valence electrons. The van der Waals surface area contributed by atoms with Crippen molar-refractivity contribution < 1.29 is 14.3 Å². The van der Waals surface area contributed by atoms with E-state index in [1.807, 2.05) is 54.8 Å². The number of methoxy groups -OCH3 is 2. The van der Waals surface area contributed by atoms with Gasteiger partial charge in [0, 0.05) is 10.9 Å². The number of amides is 1. The third kappa shape index (κ3) is 4.21. The van der Waals surface area contributed by atoms with Gasteiger partial charge in [0.25, 0.3) is 0 Å². The summed E-state index contributed by atoms with van der Waals surface area (Å²) in [6.45, 7) is 2.02. The molecule has 0 aliphatic carbocycles. The topological polar surface area (TPSA) is 60.5 Å². The van der Waals surface area contributed by atoms with Crippen LogP contribution in [0.5, 0.6) is 11.5 Å². The molecule has 1 N–H and O–H groups in total. The summed E-state index contributed by atoms with van der Waals surface area (Å²) in [6, 6.07) is 13.5. The average molecular weight is 368 g/mol. The Hall–Kier alpha value is -2.86. The highest BCUT2D eigenvalue weighted by molar-refractivity contribution is 7.14. The molecule has 5 nitrogen and oxygen atoms in total. The van der Waals surface area contributed by atoms with Gasteiger partial charge in [-0.15, -0.1) is 11.3 Å². The van der Waals surface area contributed by atoms with Gasteiger partial charge in [-0.3, -0.25) is 4.79 Å². The number of hydrogen-bond donors (Lipinski definition) is 1. The minimum Gasteiger partial charge on any atom is -0.497 e. The smallest absolute Gasteiger partial charge is 0.230 e. The number of ether oxygens (including phenoxy) is 2. The van der Waals surface area contributed by atoms with Gasteiger partial charge in [-0.05, 0) is 30.7 Å². The van der Waals surface area contributed by atoms with Crippen molar-refractivity contribution in [2.45, 2.75) is 13.3 Å². The van der Waals surface area contributed by atoms with Crippen molar-refractivity contribution in [3.8, 4) is 22.8 Å². The Labute approximate surface area is 156 Å². The van der Waals surface area contributed by atoms with Crippen LogP contribution >= 0.6 is 11.3 Å². The molecule has 0 radical (unpaired) electrons. The average Bonchev–Trinajstić information content (AvgIpc) is 3.11. The number of hydrogen-bond acceptors (Lipinski definition) is 5. The van der Waals surface area contributed by atoms with Crippen molar-refractivity contribution in [3.63, 3.8) is 0 Å². The minimum absolute atomic E-state index is 0.0904. The first-order valence-electron chi connectivity index (χ1n) is 8.12. The molecule has 3 aromatic rings. The van der Waals surface area contributed by atoms with E-state index in [1.54, 1.807) is 14.2 Å². The molecule has 26 heavy (non-hydrogen) atoms. The summed E-state index contributed by atoms with van der Waals surface area (Å²) in [5.74, 6) is 1.33. The van der Waals surface area contributed by atoms with Crippen molar-refractivity contribution in [1.29, 1.82) is 0 Å². The summed E-state index contributed by atoms with van der Waals surface area (Å²) >= 11 is 1.38. The number of aromatic nitrogens is 1. The van der Waals surface area contributed by atoms with Gasteiger partial charge >= 0.3 is 0 Å². The largest absolute Gasteiger partial charge is 0.497 e. The molecule has 1 amide bonds. The predicted octanol–water partition coefficient (Wildman–Crippen LogP) is 4.32. The van der Waals surface area contributed by atoms with Gasteiger partial charge in [0.15, 0.2) is 5.13 Å². The Bertz CT molecular complexity index is 904. The van der Waals surface area contributed by atoms with Crippen molar-refractivity contribution in [2.24, 2.45) is 0 Å². The molecule has 0 aliphatic heterocycles. The molecule has 0 spiro atoms. The van der Waals surface area contributed by atoms with Gasteiger partial charge in [0.05, 0.1) is 26.3 Å². The van der Waals surface area contributed by atoms with Crippen LogP contribution in [0.1, 0.15) is 11.1 Å². The van der Waals surface area contributed by atoms with Crippen LogP contribution < -0.4 is 14.8 Å². The molecule has 3 rings (SSSR count). The van der Waals surface area contributed by atoms with Crippen molar-refractivity contribution >= 4 is 22.4 Å². The van der Waals surface area contributed by atoms with Crippen LogP contribution in [0, 0.1) is 6.92 Å². The Morgan fingerprint density at radius 2 is 1.88 bits per heavy atom. The summed E-state index contributed by atoms with van der Waals surface area (Å²) in [7, 11) is 3.23. The van der Waals surface area contributed by atoms with E-state index in [0.29, 0.717) is 17.3 Å². The number of carbonyl (C=O) groups excluding carboxylic acids is 1. The van der Waals surface area contributed by atoms with Crippen LogP contribution in [0.15, 0.2) is 47.8 Å². The molecular formula is C20H20N2O3S. The van der Waals surface area contributed by atoms with Crippen LogP contribution in [0.25, 0.3) is 11.3 Å². The standard InChI is InChI=1S/C20H20N2O3S/c1-13-4-6-14(7-5-13)10-19(23)22-20-21-17(12-26-20)16-11-15(24-2)8-9-18(16)25-3/h4-9,11-12H,10H2,1-3H3,(H,21,22,23). The first-order chi connectivity index (χ1) is 12.6. The van der Waals surface area contributed by atoms with Crippen molar-refractivity contribution in [2.75, 3.05) is 19.5 Å². The van der Waals surface area contributed by atoms with Gasteiger partial charge in [0.1, 0.15) is 11.5 Å². The second kappa shape index (κ2) is 8.01. The molecule has 2 aromatic carbocycles. The third-order valence-corrected chi connectivity index (χ3v) is 4.68. The molecule has 0 bridgehead atoms. The number of aryl methyl sites for hydroxylation is 1. The maximum Gasteiger partial charge on any atom is 0.230 e. The number of carbonyl (C=O) groups is 1. The number of nitrogens with one attached hydrogen (secondary N) is 1. The van der Waals surface area contributed by atoms with Crippen LogP contribution in [0.2, 0.25) is 0 Å². The van der Waals surface area contributed by atoms with E-state index in [-0.39, 0.29) is 5.91 Å². The van der Waals surface area contributed by atoms with Gasteiger partial charge in [0.2, 0.25) is 5.91 Å². The van der Waals surface area contributed by atoms with Gasteiger partial charge in [-0.25, -0.2) is 4.98 Å². The molecule has 6 heteroatoms. The van der Waals surface area contributed by atoms with E-state index in [9.17, 15) is 4.79 Å². The lowest BCUT2D eigenvalue weighted by molar-refractivity contribution is -0.115. The van der Waals surface area contributed by atoms with Crippen molar-refractivity contribution in [3.05, 3.63) is 59.0 Å². The molecule has 0 unspecified atom stereocenters. The van der Waals surface area contributed by atoms with E-state index < -0.39 is 0 Å². The zero-order valence-electron chi connectivity index (χ0n) is 14.9. The molecular weight excluding hydrogens is 348 g/mol. The lowest BCUT2D eigenvalue weighted by atomic mass is 10.1. The fraction of sp³-hybridized carbons (Fsp3) is 0.200. The number of thiazole rings is 1. The van der Waals surface area contributed by atoms with Crippen LogP contribution in [0.4, 0.5) is 5.13 Å². The lowest BCUT2D eigenvalue weighted by Gasteiger charge is -2.08. The summed E-state index contributed by atoms with van der Waals surface area (Å²) in [4.78, 5) is 16.8. The summed E-state index contributed by atoms with van der Waals surface area (Å²) in [5.41, 5.74) is 3.70. The minimum atomic E-state index is -0.0904. The van der Waals surface area contributed by atoms with E-state index >= 15 is 0 Å². The number of anilines is 1. The first-order valence-corrected chi connectivity index (χ1v) is 9.00. The number of nitrogens with zero attached hydrogens (tertiary/aromatic N) is 1. The quantitative estimate of drug-likeness (QED) is 0.704. The lowest BCUT2D eigenvalue weighted by Crippen LogP contribution is -2.14. The number of rotatable bonds is 6. The van der Waals surface area contributed by atoms with Gasteiger partial charge in [-0.1, -0.05) is 29.8 Å². The molecule has 0 saturated carbocycles. The fourth-order valence-electron chi connectivity index (χ4n) is 2.52. The zero-order valence-corrected chi connectivity index (χ0v) is 15.7. The summed E-state index contributed by atoms with van der Waals surface area (Å²) < 4.78 is 10.7. The van der Waals surface area contributed by atoms with E-state index in [1.165, 1.54) is 16.9 Å². The Kier molecular flexibility index (Phi) is 5.53. The molecule has 1 heterocycles. The molecule has 1 aromatic heterocycles. The van der Waals surface area contributed by atoms with Crippen molar-refractivity contribution in [1.82, 2.24) is 4.98 Å². The van der Waals surface area contributed by atoms with E-state index in [4.69, 9.17) is 9.47 Å². The Morgan fingerprint density at radius 3 is 2.58 bits per heavy atom. The highest BCUT2D eigenvalue weighted by Crippen LogP contribution is 2.35. The molecule has 0 saturated heterocycles. The van der Waals surface area contributed by atoms with Gasteiger partial charge in [-0.2, -0.15) is 0 Å². The van der Waals surface area contributed by atoms with Crippen LogP contribution in [-0.2, 0) is 11.2 Å². The highest BCUT2D eigenvalue weighted by Gasteiger charge is 2.13. The van der Waals surface area contributed by atoms with Crippen LogP contribution in [0.3, 0.4) is 0 Å².